The molecule has 2 aliphatic rings. The van der Waals surface area contributed by atoms with Crippen molar-refractivity contribution in [3.63, 3.8) is 0 Å². The van der Waals surface area contributed by atoms with Gasteiger partial charge in [-0.05, 0) is 31.9 Å². The normalized spacial score (nSPS) is 18.5. The largest absolute Gasteiger partial charge is 0.352 e. The maximum absolute atomic E-state index is 13.0. The second kappa shape index (κ2) is 7.53. The van der Waals surface area contributed by atoms with Gasteiger partial charge in [0, 0.05) is 38.3 Å². The van der Waals surface area contributed by atoms with Crippen LogP contribution in [0.15, 0.2) is 18.3 Å². The Bertz CT molecular complexity index is 795. The number of thiazole rings is 1. The van der Waals surface area contributed by atoms with Gasteiger partial charge in [0.2, 0.25) is 0 Å². The summed E-state index contributed by atoms with van der Waals surface area (Å²) in [6.45, 7) is 4.82. The maximum atomic E-state index is 13.0. The molecule has 5 nitrogen and oxygen atoms in total. The molecule has 2 aromatic heterocycles. The molecule has 0 spiro atoms. The Hall–Kier alpha value is -1.66. The third kappa shape index (κ3) is 3.45. The van der Waals surface area contributed by atoms with E-state index in [0.717, 1.165) is 34.5 Å². The molecule has 2 fully saturated rings. The molecule has 0 unspecified atom stereocenters. The van der Waals surface area contributed by atoms with Gasteiger partial charge in [0.25, 0.3) is 5.91 Å². The fourth-order valence-corrected chi connectivity index (χ4v) is 5.28. The van der Waals surface area contributed by atoms with Gasteiger partial charge in [0.1, 0.15) is 10.7 Å². The number of piperazine rings is 1. The second-order valence-corrected chi connectivity index (χ2v) is 8.47. The molecule has 2 aromatic rings. The fourth-order valence-electron chi connectivity index (χ4n) is 3.84. The highest BCUT2D eigenvalue weighted by Gasteiger charge is 2.28. The summed E-state index contributed by atoms with van der Waals surface area (Å²) in [6.07, 6.45) is 6.74. The molecule has 7 heteroatoms. The summed E-state index contributed by atoms with van der Waals surface area (Å²) in [5.74, 6) is 1.48. The highest BCUT2D eigenvalue weighted by atomic mass is 35.5. The summed E-state index contributed by atoms with van der Waals surface area (Å²) in [7, 11) is 0. The minimum Gasteiger partial charge on any atom is -0.352 e. The molecule has 1 amide bonds. The van der Waals surface area contributed by atoms with Crippen molar-refractivity contribution < 1.29 is 4.79 Å². The standard InChI is InChI=1S/C19H23ClN4OS/c1-13-16(26-18(22-13)14-5-2-3-6-14)19(25)24-11-9-23(10-12-24)17-15(20)7-4-8-21-17/h4,7-8,14H,2-3,5-6,9-12H2,1H3. The number of aromatic nitrogens is 2. The number of rotatable bonds is 3. The molecule has 1 saturated heterocycles. The zero-order chi connectivity index (χ0) is 18.1. The zero-order valence-electron chi connectivity index (χ0n) is 14.9. The minimum atomic E-state index is 0.121. The number of hydrogen-bond donors (Lipinski definition) is 0. The lowest BCUT2D eigenvalue weighted by atomic mass is 10.1. The predicted octanol–water partition coefficient (Wildman–Crippen LogP) is 4.12. The number of halogens is 1. The van der Waals surface area contributed by atoms with Gasteiger partial charge in [-0.3, -0.25) is 4.79 Å². The quantitative estimate of drug-likeness (QED) is 0.790. The number of amides is 1. The Labute approximate surface area is 163 Å². The maximum Gasteiger partial charge on any atom is 0.265 e. The lowest BCUT2D eigenvalue weighted by Crippen LogP contribution is -2.49. The van der Waals surface area contributed by atoms with E-state index < -0.39 is 0 Å². The van der Waals surface area contributed by atoms with Crippen LogP contribution in [0.25, 0.3) is 0 Å². The Balaban J connectivity index is 1.43. The SMILES string of the molecule is Cc1nc(C2CCCC2)sc1C(=O)N1CCN(c2ncccc2Cl)CC1. The molecule has 0 N–H and O–H groups in total. The average Bonchev–Trinajstić information content (AvgIpc) is 3.31. The van der Waals surface area contributed by atoms with Crippen LogP contribution in [0.4, 0.5) is 5.82 Å². The smallest absolute Gasteiger partial charge is 0.265 e. The number of pyridine rings is 1. The first-order valence-corrected chi connectivity index (χ1v) is 10.4. The van der Waals surface area contributed by atoms with Crippen molar-refractivity contribution in [2.75, 3.05) is 31.1 Å². The van der Waals surface area contributed by atoms with Crippen molar-refractivity contribution in [1.82, 2.24) is 14.9 Å². The first-order chi connectivity index (χ1) is 12.6. The third-order valence-electron chi connectivity index (χ3n) is 5.32. The average molecular weight is 391 g/mol. The van der Waals surface area contributed by atoms with Gasteiger partial charge < -0.3 is 9.80 Å². The van der Waals surface area contributed by atoms with E-state index in [-0.39, 0.29) is 5.91 Å². The van der Waals surface area contributed by atoms with Gasteiger partial charge in [-0.2, -0.15) is 0 Å². The number of aryl methyl sites for hydroxylation is 1. The van der Waals surface area contributed by atoms with Crippen molar-refractivity contribution >= 4 is 34.7 Å². The van der Waals surface area contributed by atoms with E-state index in [2.05, 4.69) is 9.88 Å². The zero-order valence-corrected chi connectivity index (χ0v) is 16.5. The van der Waals surface area contributed by atoms with Gasteiger partial charge in [-0.1, -0.05) is 24.4 Å². The molecule has 1 aliphatic heterocycles. The predicted molar refractivity (Wildman–Crippen MR) is 105 cm³/mol. The van der Waals surface area contributed by atoms with Gasteiger partial charge >= 0.3 is 0 Å². The minimum absolute atomic E-state index is 0.121. The molecule has 4 rings (SSSR count). The van der Waals surface area contributed by atoms with Crippen molar-refractivity contribution in [2.24, 2.45) is 0 Å². The number of nitrogens with zero attached hydrogens (tertiary/aromatic N) is 4. The number of carbonyl (C=O) groups excluding carboxylic acids is 1. The van der Waals surface area contributed by atoms with E-state index in [1.807, 2.05) is 24.0 Å². The van der Waals surface area contributed by atoms with E-state index in [0.29, 0.717) is 24.0 Å². The fraction of sp³-hybridized carbons (Fsp3) is 0.526. The molecule has 0 bridgehead atoms. The summed E-state index contributed by atoms with van der Waals surface area (Å²) in [4.78, 5) is 27.0. The van der Waals surface area contributed by atoms with Crippen LogP contribution in [-0.2, 0) is 0 Å². The van der Waals surface area contributed by atoms with Crippen LogP contribution in [0.1, 0.15) is 52.0 Å². The summed E-state index contributed by atoms with van der Waals surface area (Å²) in [5, 5.41) is 1.81. The van der Waals surface area contributed by atoms with E-state index >= 15 is 0 Å². The Kier molecular flexibility index (Phi) is 5.14. The van der Waals surface area contributed by atoms with Crippen molar-refractivity contribution in [1.29, 1.82) is 0 Å². The number of carbonyl (C=O) groups is 1. The van der Waals surface area contributed by atoms with Crippen molar-refractivity contribution in [3.8, 4) is 0 Å². The van der Waals surface area contributed by atoms with E-state index in [4.69, 9.17) is 16.6 Å². The molecule has 0 radical (unpaired) electrons. The molecular weight excluding hydrogens is 368 g/mol. The summed E-state index contributed by atoms with van der Waals surface area (Å²) in [6, 6.07) is 3.69. The van der Waals surface area contributed by atoms with Crippen LogP contribution in [0, 0.1) is 6.92 Å². The summed E-state index contributed by atoms with van der Waals surface area (Å²) >= 11 is 7.86. The lowest BCUT2D eigenvalue weighted by molar-refractivity contribution is 0.0750. The number of hydrogen-bond acceptors (Lipinski definition) is 5. The summed E-state index contributed by atoms with van der Waals surface area (Å²) < 4.78 is 0. The van der Waals surface area contributed by atoms with E-state index in [1.165, 1.54) is 25.7 Å². The number of anilines is 1. The molecule has 26 heavy (non-hydrogen) atoms. The topological polar surface area (TPSA) is 49.3 Å². The molecule has 138 valence electrons. The van der Waals surface area contributed by atoms with E-state index in [1.54, 1.807) is 17.5 Å². The highest BCUT2D eigenvalue weighted by molar-refractivity contribution is 7.13. The van der Waals surface area contributed by atoms with Crippen LogP contribution in [0.3, 0.4) is 0 Å². The van der Waals surface area contributed by atoms with E-state index in [9.17, 15) is 4.79 Å². The summed E-state index contributed by atoms with van der Waals surface area (Å²) in [5.41, 5.74) is 0.886. The highest BCUT2D eigenvalue weighted by Crippen LogP contribution is 2.37. The Morgan fingerprint density at radius 3 is 2.65 bits per heavy atom. The molecule has 1 aliphatic carbocycles. The Morgan fingerprint density at radius 1 is 1.23 bits per heavy atom. The molecule has 0 atom stereocenters. The van der Waals surface area contributed by atoms with Crippen molar-refractivity contribution in [2.45, 2.75) is 38.5 Å². The molecule has 3 heterocycles. The molecule has 0 aromatic carbocycles. The first-order valence-electron chi connectivity index (χ1n) is 9.25. The lowest BCUT2D eigenvalue weighted by Gasteiger charge is -2.35. The second-order valence-electron chi connectivity index (χ2n) is 7.04. The van der Waals surface area contributed by atoms with Gasteiger partial charge in [0.15, 0.2) is 0 Å². The van der Waals surface area contributed by atoms with Crippen LogP contribution < -0.4 is 4.90 Å². The van der Waals surface area contributed by atoms with Crippen LogP contribution in [-0.4, -0.2) is 47.0 Å². The molecular formula is C19H23ClN4OS. The van der Waals surface area contributed by atoms with Crippen molar-refractivity contribution in [3.05, 3.63) is 38.9 Å². The molecule has 1 saturated carbocycles. The Morgan fingerprint density at radius 2 is 1.96 bits per heavy atom. The van der Waals surface area contributed by atoms with Crippen LogP contribution >= 0.6 is 22.9 Å². The van der Waals surface area contributed by atoms with Gasteiger partial charge in [-0.15, -0.1) is 11.3 Å². The van der Waals surface area contributed by atoms with Crippen LogP contribution in [0.5, 0.6) is 0 Å². The first kappa shape index (κ1) is 17.7. The van der Waals surface area contributed by atoms with Gasteiger partial charge in [-0.25, -0.2) is 9.97 Å². The third-order valence-corrected chi connectivity index (χ3v) is 6.92. The monoisotopic (exact) mass is 390 g/mol. The van der Waals surface area contributed by atoms with Crippen LogP contribution in [0.2, 0.25) is 5.02 Å². The van der Waals surface area contributed by atoms with Gasteiger partial charge in [0.05, 0.1) is 15.7 Å².